The number of nitrogens with zero attached hydrogens (tertiary/aromatic N) is 2. The van der Waals surface area contributed by atoms with E-state index >= 15 is 0 Å². The summed E-state index contributed by atoms with van der Waals surface area (Å²) in [6.07, 6.45) is 1.62. The molecule has 0 aliphatic heterocycles. The summed E-state index contributed by atoms with van der Waals surface area (Å²) in [7, 11) is 0. The lowest BCUT2D eigenvalue weighted by Gasteiger charge is -2.06. The maximum Gasteiger partial charge on any atom is 0.191 e. The number of para-hydroxylation sites is 1. The Morgan fingerprint density at radius 3 is 2.83 bits per heavy atom. The van der Waals surface area contributed by atoms with E-state index in [-0.39, 0.29) is 0 Å². The van der Waals surface area contributed by atoms with Crippen LogP contribution in [-0.4, -0.2) is 16.3 Å². The summed E-state index contributed by atoms with van der Waals surface area (Å²) in [5, 5.41) is 9.21. The third kappa shape index (κ3) is 4.25. The van der Waals surface area contributed by atoms with Crippen LogP contribution in [0.5, 0.6) is 0 Å². The molecule has 0 radical (unpaired) electrons. The van der Waals surface area contributed by atoms with E-state index in [1.165, 1.54) is 0 Å². The average Bonchev–Trinajstić information content (AvgIpc) is 2.55. The van der Waals surface area contributed by atoms with Crippen molar-refractivity contribution in [2.24, 2.45) is 5.10 Å². The molecule has 2 aromatic carbocycles. The topological polar surface area (TPSA) is 49.3 Å². The van der Waals surface area contributed by atoms with E-state index in [2.05, 4.69) is 20.8 Å². The fourth-order valence-corrected chi connectivity index (χ4v) is 2.40. The van der Waals surface area contributed by atoms with Gasteiger partial charge in [-0.15, -0.1) is 0 Å². The summed E-state index contributed by atoms with van der Waals surface area (Å²) in [4.78, 5) is 4.50. The molecule has 0 saturated carbocycles. The Bertz CT molecular complexity index is 879. The van der Waals surface area contributed by atoms with Crippen molar-refractivity contribution in [3.63, 3.8) is 0 Å². The maximum atomic E-state index is 5.92. The molecule has 0 bridgehead atoms. The number of thiocarbonyl (C=S) groups is 1. The van der Waals surface area contributed by atoms with Gasteiger partial charge in [-0.1, -0.05) is 41.9 Å². The molecule has 0 spiro atoms. The van der Waals surface area contributed by atoms with Crippen LogP contribution in [0.1, 0.15) is 5.69 Å². The molecule has 0 fully saturated rings. The molecule has 0 aliphatic carbocycles. The summed E-state index contributed by atoms with van der Waals surface area (Å²) in [6.45, 7) is 0. The van der Waals surface area contributed by atoms with Gasteiger partial charge in [-0.25, -0.2) is 4.98 Å². The molecule has 0 amide bonds. The Morgan fingerprint density at radius 2 is 1.96 bits per heavy atom. The summed E-state index contributed by atoms with van der Waals surface area (Å²) in [5.74, 6) is 0. The van der Waals surface area contributed by atoms with Gasteiger partial charge in [0.15, 0.2) is 5.11 Å². The number of rotatable bonds is 3. The number of halogens is 1. The number of hydrogen-bond donors (Lipinski definition) is 2. The van der Waals surface area contributed by atoms with Crippen LogP contribution in [0.3, 0.4) is 0 Å². The highest BCUT2D eigenvalue weighted by Gasteiger charge is 1.98. The van der Waals surface area contributed by atoms with Crippen molar-refractivity contribution < 1.29 is 0 Å². The van der Waals surface area contributed by atoms with Crippen LogP contribution >= 0.6 is 23.8 Å². The normalized spacial score (nSPS) is 10.8. The van der Waals surface area contributed by atoms with Gasteiger partial charge in [0.2, 0.25) is 0 Å². The number of pyridine rings is 1. The molecule has 23 heavy (non-hydrogen) atoms. The van der Waals surface area contributed by atoms with Crippen molar-refractivity contribution in [1.82, 2.24) is 10.4 Å². The third-order valence-electron chi connectivity index (χ3n) is 3.07. The standard InChI is InChI=1S/C17H13ClN4S/c18-13-5-3-6-14(10-13)21-17(23)22-19-11-15-9-8-12-4-1-2-7-16(12)20-15/h1-11H,(H2,21,22,23)/b19-11+. The molecule has 0 unspecified atom stereocenters. The zero-order valence-electron chi connectivity index (χ0n) is 12.0. The summed E-state index contributed by atoms with van der Waals surface area (Å²) < 4.78 is 0. The molecule has 0 atom stereocenters. The molecule has 0 aliphatic rings. The molecule has 2 N–H and O–H groups in total. The minimum atomic E-state index is 0.379. The number of benzene rings is 2. The van der Waals surface area contributed by atoms with E-state index in [1.54, 1.807) is 18.3 Å². The molecule has 1 heterocycles. The number of fused-ring (bicyclic) bond motifs is 1. The lowest BCUT2D eigenvalue weighted by atomic mass is 10.2. The van der Waals surface area contributed by atoms with Gasteiger partial charge in [-0.2, -0.15) is 5.10 Å². The lowest BCUT2D eigenvalue weighted by molar-refractivity contribution is 1.05. The average molecular weight is 341 g/mol. The maximum absolute atomic E-state index is 5.92. The van der Waals surface area contributed by atoms with Crippen LogP contribution < -0.4 is 10.7 Å². The van der Waals surface area contributed by atoms with Gasteiger partial charge in [0, 0.05) is 16.1 Å². The molecule has 114 valence electrons. The van der Waals surface area contributed by atoms with E-state index in [0.29, 0.717) is 10.1 Å². The second kappa shape index (κ2) is 7.17. The first-order valence-electron chi connectivity index (χ1n) is 6.92. The van der Waals surface area contributed by atoms with Gasteiger partial charge in [0.25, 0.3) is 0 Å². The summed E-state index contributed by atoms with van der Waals surface area (Å²) >= 11 is 11.1. The van der Waals surface area contributed by atoms with Crippen molar-refractivity contribution in [2.45, 2.75) is 0 Å². The number of anilines is 1. The molecular formula is C17H13ClN4S. The van der Waals surface area contributed by atoms with Gasteiger partial charge in [0.05, 0.1) is 17.4 Å². The number of nitrogens with one attached hydrogen (secondary N) is 2. The molecule has 6 heteroatoms. The Kier molecular flexibility index (Phi) is 4.80. The fourth-order valence-electron chi connectivity index (χ4n) is 2.04. The fraction of sp³-hybridized carbons (Fsp3) is 0. The summed E-state index contributed by atoms with van der Waals surface area (Å²) in [6, 6.07) is 19.1. The van der Waals surface area contributed by atoms with Crippen LogP contribution in [0.4, 0.5) is 5.69 Å². The highest BCUT2D eigenvalue weighted by molar-refractivity contribution is 7.80. The van der Waals surface area contributed by atoms with Crippen LogP contribution in [0.15, 0.2) is 65.8 Å². The van der Waals surface area contributed by atoms with E-state index in [0.717, 1.165) is 22.3 Å². The molecule has 1 aromatic heterocycles. The second-order valence-corrected chi connectivity index (χ2v) is 5.61. The predicted molar refractivity (Wildman–Crippen MR) is 100 cm³/mol. The Morgan fingerprint density at radius 1 is 1.09 bits per heavy atom. The monoisotopic (exact) mass is 340 g/mol. The Balaban J connectivity index is 1.62. The second-order valence-electron chi connectivity index (χ2n) is 4.76. The van der Waals surface area contributed by atoms with Crippen molar-refractivity contribution in [1.29, 1.82) is 0 Å². The molecule has 3 rings (SSSR count). The Labute approximate surface area is 144 Å². The van der Waals surface area contributed by atoms with Crippen molar-refractivity contribution in [2.75, 3.05) is 5.32 Å². The SMILES string of the molecule is S=C(N/N=C/c1ccc2ccccc2n1)Nc1cccc(Cl)c1. The van der Waals surface area contributed by atoms with Gasteiger partial charge >= 0.3 is 0 Å². The first kappa shape index (κ1) is 15.4. The van der Waals surface area contributed by atoms with Crippen molar-refractivity contribution in [3.8, 4) is 0 Å². The van der Waals surface area contributed by atoms with Crippen LogP contribution in [-0.2, 0) is 0 Å². The largest absolute Gasteiger partial charge is 0.331 e. The number of hydrogen-bond acceptors (Lipinski definition) is 3. The zero-order valence-corrected chi connectivity index (χ0v) is 13.6. The third-order valence-corrected chi connectivity index (χ3v) is 3.49. The predicted octanol–water partition coefficient (Wildman–Crippen LogP) is 4.21. The molecular weight excluding hydrogens is 328 g/mol. The quantitative estimate of drug-likeness (QED) is 0.426. The van der Waals surface area contributed by atoms with Gasteiger partial charge in [-0.3, -0.25) is 5.43 Å². The van der Waals surface area contributed by atoms with Gasteiger partial charge < -0.3 is 5.32 Å². The van der Waals surface area contributed by atoms with Crippen molar-refractivity contribution in [3.05, 3.63) is 71.4 Å². The highest BCUT2D eigenvalue weighted by Crippen LogP contribution is 2.14. The minimum absolute atomic E-state index is 0.379. The lowest BCUT2D eigenvalue weighted by Crippen LogP contribution is -2.23. The number of aromatic nitrogens is 1. The van der Waals surface area contributed by atoms with Gasteiger partial charge in [0.1, 0.15) is 0 Å². The zero-order chi connectivity index (χ0) is 16.1. The van der Waals surface area contributed by atoms with Crippen LogP contribution in [0.2, 0.25) is 5.02 Å². The van der Waals surface area contributed by atoms with Gasteiger partial charge in [-0.05, 0) is 42.5 Å². The van der Waals surface area contributed by atoms with Crippen LogP contribution in [0, 0.1) is 0 Å². The highest BCUT2D eigenvalue weighted by atomic mass is 35.5. The first-order valence-corrected chi connectivity index (χ1v) is 7.71. The van der Waals surface area contributed by atoms with E-state index in [9.17, 15) is 0 Å². The van der Waals surface area contributed by atoms with Crippen molar-refractivity contribution >= 4 is 51.7 Å². The van der Waals surface area contributed by atoms with E-state index in [1.807, 2.05) is 48.5 Å². The van der Waals surface area contributed by atoms with Crippen LogP contribution in [0.25, 0.3) is 10.9 Å². The first-order chi connectivity index (χ1) is 11.2. The molecule has 3 aromatic rings. The number of hydrazone groups is 1. The Hall–Kier alpha value is -2.50. The van der Waals surface area contributed by atoms with E-state index in [4.69, 9.17) is 23.8 Å². The summed E-state index contributed by atoms with van der Waals surface area (Å²) in [5.41, 5.74) is 5.23. The smallest absolute Gasteiger partial charge is 0.191 e. The molecule has 0 saturated heterocycles. The van der Waals surface area contributed by atoms with E-state index < -0.39 is 0 Å². The molecule has 4 nitrogen and oxygen atoms in total. The minimum Gasteiger partial charge on any atom is -0.331 e.